The Labute approximate surface area is 85.2 Å². The van der Waals surface area contributed by atoms with Crippen molar-refractivity contribution in [1.29, 1.82) is 0 Å². The van der Waals surface area contributed by atoms with E-state index in [9.17, 15) is 0 Å². The third-order valence-corrected chi connectivity index (χ3v) is 2.99. The van der Waals surface area contributed by atoms with E-state index in [1.54, 1.807) is 0 Å². The number of hydrogen-bond donors (Lipinski definition) is 1. The molecule has 1 fully saturated rings. The molecule has 1 aromatic rings. The molecule has 0 aromatic heterocycles. The second-order valence-electron chi connectivity index (χ2n) is 4.27. The Bertz CT molecular complexity index is 305. The van der Waals surface area contributed by atoms with Gasteiger partial charge in [0.25, 0.3) is 0 Å². The van der Waals surface area contributed by atoms with Crippen molar-refractivity contribution in [3.05, 3.63) is 29.8 Å². The lowest BCUT2D eigenvalue weighted by atomic mass is 10.1. The van der Waals surface area contributed by atoms with Gasteiger partial charge in [0.1, 0.15) is 0 Å². The number of aliphatic hydroxyl groups excluding tert-OH is 1. The van der Waals surface area contributed by atoms with E-state index in [1.165, 1.54) is 11.3 Å². The van der Waals surface area contributed by atoms with Gasteiger partial charge in [-0.25, -0.2) is 0 Å². The van der Waals surface area contributed by atoms with Crippen LogP contribution in [0.25, 0.3) is 0 Å². The first kappa shape index (κ1) is 9.53. The normalized spacial score (nSPS) is 24.8. The first-order chi connectivity index (χ1) is 6.72. The Morgan fingerprint density at radius 1 is 1.29 bits per heavy atom. The highest BCUT2D eigenvalue weighted by atomic mass is 16.3. The van der Waals surface area contributed by atoms with Gasteiger partial charge in [0.05, 0.1) is 0 Å². The van der Waals surface area contributed by atoms with Crippen molar-refractivity contribution in [2.24, 2.45) is 5.92 Å². The second kappa shape index (κ2) is 3.62. The average molecular weight is 191 g/mol. The molecule has 0 unspecified atom stereocenters. The fourth-order valence-electron chi connectivity index (χ4n) is 1.88. The standard InChI is InChI=1S/C12H17NO/c1-13(2)11-5-3-9(4-6-11)12-7-10(12)8-14/h3-6,10,12,14H,7-8H2,1-2H3/t10-,12+/m0/s1. The van der Waals surface area contributed by atoms with Gasteiger partial charge in [-0.2, -0.15) is 0 Å². The summed E-state index contributed by atoms with van der Waals surface area (Å²) in [6.45, 7) is 0.333. The number of hydrogen-bond acceptors (Lipinski definition) is 2. The maximum Gasteiger partial charge on any atom is 0.0465 e. The van der Waals surface area contributed by atoms with Crippen LogP contribution in [0.2, 0.25) is 0 Å². The molecule has 2 heteroatoms. The van der Waals surface area contributed by atoms with Gasteiger partial charge >= 0.3 is 0 Å². The van der Waals surface area contributed by atoms with Gasteiger partial charge in [0.2, 0.25) is 0 Å². The molecular formula is C12H17NO. The molecule has 1 N–H and O–H groups in total. The summed E-state index contributed by atoms with van der Waals surface area (Å²) >= 11 is 0. The lowest BCUT2D eigenvalue weighted by Gasteiger charge is -2.12. The van der Waals surface area contributed by atoms with Crippen molar-refractivity contribution >= 4 is 5.69 Å². The number of benzene rings is 1. The largest absolute Gasteiger partial charge is 0.396 e. The molecule has 1 aromatic carbocycles. The zero-order chi connectivity index (χ0) is 10.1. The Morgan fingerprint density at radius 3 is 2.36 bits per heavy atom. The summed E-state index contributed by atoms with van der Waals surface area (Å²) in [6, 6.07) is 8.63. The van der Waals surface area contributed by atoms with Gasteiger partial charge in [-0.3, -0.25) is 0 Å². The fraction of sp³-hybridized carbons (Fsp3) is 0.500. The monoisotopic (exact) mass is 191 g/mol. The Hall–Kier alpha value is -1.02. The summed E-state index contributed by atoms with van der Waals surface area (Å²) in [7, 11) is 4.09. The molecule has 0 saturated heterocycles. The second-order valence-corrected chi connectivity index (χ2v) is 4.27. The van der Waals surface area contributed by atoms with E-state index in [1.807, 2.05) is 14.1 Å². The molecule has 76 valence electrons. The minimum Gasteiger partial charge on any atom is -0.396 e. The molecule has 0 amide bonds. The van der Waals surface area contributed by atoms with E-state index in [-0.39, 0.29) is 0 Å². The van der Waals surface area contributed by atoms with Crippen LogP contribution in [-0.2, 0) is 0 Å². The maximum atomic E-state index is 8.97. The van der Waals surface area contributed by atoms with Gasteiger partial charge in [-0.05, 0) is 36.0 Å². The molecule has 0 radical (unpaired) electrons. The predicted molar refractivity (Wildman–Crippen MR) is 58.7 cm³/mol. The lowest BCUT2D eigenvalue weighted by Crippen LogP contribution is -2.08. The van der Waals surface area contributed by atoms with Crippen LogP contribution in [0.3, 0.4) is 0 Å². The van der Waals surface area contributed by atoms with E-state index in [0.717, 1.165) is 6.42 Å². The maximum absolute atomic E-state index is 8.97. The first-order valence-electron chi connectivity index (χ1n) is 5.10. The third-order valence-electron chi connectivity index (χ3n) is 2.99. The van der Waals surface area contributed by atoms with Crippen LogP contribution in [0.5, 0.6) is 0 Å². The zero-order valence-electron chi connectivity index (χ0n) is 8.77. The van der Waals surface area contributed by atoms with Crippen LogP contribution in [0, 0.1) is 5.92 Å². The molecule has 1 saturated carbocycles. The summed E-state index contributed by atoms with van der Waals surface area (Å²) in [4.78, 5) is 2.10. The molecular weight excluding hydrogens is 174 g/mol. The minimum atomic E-state index is 0.333. The summed E-state index contributed by atoms with van der Waals surface area (Å²) in [5.41, 5.74) is 2.60. The quantitative estimate of drug-likeness (QED) is 0.788. The minimum absolute atomic E-state index is 0.333. The molecule has 0 bridgehead atoms. The van der Waals surface area contributed by atoms with E-state index in [4.69, 9.17) is 5.11 Å². The molecule has 0 aliphatic heterocycles. The molecule has 0 heterocycles. The lowest BCUT2D eigenvalue weighted by molar-refractivity contribution is 0.274. The van der Waals surface area contributed by atoms with Crippen LogP contribution in [0.1, 0.15) is 17.9 Å². The fourth-order valence-corrected chi connectivity index (χ4v) is 1.88. The Kier molecular flexibility index (Phi) is 2.46. The van der Waals surface area contributed by atoms with Gasteiger partial charge in [0.15, 0.2) is 0 Å². The van der Waals surface area contributed by atoms with Crippen LogP contribution < -0.4 is 4.90 Å². The number of anilines is 1. The predicted octanol–water partition coefficient (Wildman–Crippen LogP) is 1.85. The van der Waals surface area contributed by atoms with Crippen molar-refractivity contribution in [1.82, 2.24) is 0 Å². The van der Waals surface area contributed by atoms with Crippen molar-refractivity contribution in [2.75, 3.05) is 25.6 Å². The Morgan fingerprint density at radius 2 is 1.93 bits per heavy atom. The topological polar surface area (TPSA) is 23.5 Å². The number of nitrogens with zero attached hydrogens (tertiary/aromatic N) is 1. The highest BCUT2D eigenvalue weighted by Crippen LogP contribution is 2.47. The molecule has 1 aliphatic rings. The van der Waals surface area contributed by atoms with Crippen LogP contribution in [-0.4, -0.2) is 25.8 Å². The Balaban J connectivity index is 2.08. The van der Waals surface area contributed by atoms with Gasteiger partial charge in [-0.1, -0.05) is 12.1 Å². The summed E-state index contributed by atoms with van der Waals surface area (Å²) in [5.74, 6) is 1.12. The molecule has 0 spiro atoms. The first-order valence-corrected chi connectivity index (χ1v) is 5.10. The molecule has 2 atom stereocenters. The SMILES string of the molecule is CN(C)c1ccc([C@H]2C[C@H]2CO)cc1. The molecule has 2 nitrogen and oxygen atoms in total. The highest BCUT2D eigenvalue weighted by Gasteiger charge is 2.37. The van der Waals surface area contributed by atoms with Crippen molar-refractivity contribution in [3.63, 3.8) is 0 Å². The molecule has 14 heavy (non-hydrogen) atoms. The van der Waals surface area contributed by atoms with Crippen LogP contribution >= 0.6 is 0 Å². The summed E-state index contributed by atoms with van der Waals surface area (Å²) in [5, 5.41) is 8.97. The van der Waals surface area contributed by atoms with Crippen molar-refractivity contribution in [2.45, 2.75) is 12.3 Å². The number of rotatable bonds is 3. The van der Waals surface area contributed by atoms with Crippen LogP contribution in [0.4, 0.5) is 5.69 Å². The van der Waals surface area contributed by atoms with Crippen molar-refractivity contribution < 1.29 is 5.11 Å². The third kappa shape index (κ3) is 1.75. The van der Waals surface area contributed by atoms with E-state index < -0.39 is 0 Å². The van der Waals surface area contributed by atoms with E-state index >= 15 is 0 Å². The van der Waals surface area contributed by atoms with Crippen LogP contribution in [0.15, 0.2) is 24.3 Å². The average Bonchev–Trinajstić information content (AvgIpc) is 2.97. The summed E-state index contributed by atoms with van der Waals surface area (Å²) in [6.07, 6.45) is 1.15. The van der Waals surface area contributed by atoms with E-state index in [2.05, 4.69) is 29.2 Å². The number of aliphatic hydroxyl groups is 1. The van der Waals surface area contributed by atoms with Gasteiger partial charge in [0, 0.05) is 26.4 Å². The van der Waals surface area contributed by atoms with Gasteiger partial charge in [-0.15, -0.1) is 0 Å². The zero-order valence-corrected chi connectivity index (χ0v) is 8.77. The van der Waals surface area contributed by atoms with Crippen molar-refractivity contribution in [3.8, 4) is 0 Å². The molecule has 2 rings (SSSR count). The van der Waals surface area contributed by atoms with E-state index in [0.29, 0.717) is 18.4 Å². The van der Waals surface area contributed by atoms with Gasteiger partial charge < -0.3 is 10.0 Å². The molecule has 1 aliphatic carbocycles. The smallest absolute Gasteiger partial charge is 0.0465 e. The highest BCUT2D eigenvalue weighted by molar-refractivity contribution is 5.47. The summed E-state index contributed by atoms with van der Waals surface area (Å²) < 4.78 is 0.